The van der Waals surface area contributed by atoms with Crippen LogP contribution in [0.2, 0.25) is 0 Å². The Hall–Kier alpha value is -2.50. The van der Waals surface area contributed by atoms with E-state index in [1.165, 1.54) is 0 Å². The molecule has 29 heavy (non-hydrogen) atoms. The van der Waals surface area contributed by atoms with Crippen molar-refractivity contribution in [3.63, 3.8) is 0 Å². The third-order valence-corrected chi connectivity index (χ3v) is 6.34. The van der Waals surface area contributed by atoms with Crippen LogP contribution in [0.25, 0.3) is 0 Å². The lowest BCUT2D eigenvalue weighted by molar-refractivity contribution is -0.139. The second-order valence-electron chi connectivity index (χ2n) is 8.59. The fourth-order valence-corrected chi connectivity index (χ4v) is 4.66. The molecule has 2 saturated heterocycles. The van der Waals surface area contributed by atoms with Gasteiger partial charge >= 0.3 is 0 Å². The molecule has 4 rings (SSSR count). The lowest BCUT2D eigenvalue weighted by Gasteiger charge is -2.47. The molecule has 4 heterocycles. The number of nitrogens with zero attached hydrogens (tertiary/aromatic N) is 5. The second-order valence-corrected chi connectivity index (χ2v) is 8.59. The Labute approximate surface area is 173 Å². The van der Waals surface area contributed by atoms with Gasteiger partial charge in [0.1, 0.15) is 11.6 Å². The monoisotopic (exact) mass is 393 g/mol. The van der Waals surface area contributed by atoms with E-state index in [1.54, 1.807) is 6.20 Å². The Bertz CT molecular complexity index is 846. The van der Waals surface area contributed by atoms with E-state index in [4.69, 9.17) is 4.98 Å². The summed E-state index contributed by atoms with van der Waals surface area (Å²) in [5.41, 5.74) is 2.24. The van der Waals surface area contributed by atoms with Crippen molar-refractivity contribution in [2.75, 3.05) is 24.5 Å². The lowest BCUT2D eigenvalue weighted by atomic mass is 9.72. The van der Waals surface area contributed by atoms with E-state index in [9.17, 15) is 4.79 Å². The third kappa shape index (κ3) is 4.57. The number of carbonyl (C=O) groups excluding carboxylic acids is 1. The highest BCUT2D eigenvalue weighted by Gasteiger charge is 2.41. The molecule has 0 radical (unpaired) electrons. The highest BCUT2D eigenvalue weighted by Crippen LogP contribution is 2.41. The SMILES string of the molecule is CCCc1nc(C)cc(N2CCC3(CCC(=O)N(Cc4ccccn4)C3)CC2)n1. The molecule has 0 aliphatic carbocycles. The summed E-state index contributed by atoms with van der Waals surface area (Å²) in [6.07, 6.45) is 7.65. The zero-order valence-electron chi connectivity index (χ0n) is 17.6. The van der Waals surface area contributed by atoms with Crippen molar-refractivity contribution >= 4 is 11.7 Å². The Kier molecular flexibility index (Phi) is 5.79. The number of hydrogen-bond donors (Lipinski definition) is 0. The molecule has 0 aromatic carbocycles. The molecule has 6 heteroatoms. The minimum absolute atomic E-state index is 0.230. The van der Waals surface area contributed by atoms with Crippen molar-refractivity contribution in [2.45, 2.75) is 58.9 Å². The number of piperidine rings is 2. The van der Waals surface area contributed by atoms with Gasteiger partial charge in [0.05, 0.1) is 12.2 Å². The van der Waals surface area contributed by atoms with Crippen LogP contribution in [-0.2, 0) is 17.8 Å². The highest BCUT2D eigenvalue weighted by molar-refractivity contribution is 5.77. The van der Waals surface area contributed by atoms with Gasteiger partial charge < -0.3 is 9.80 Å². The molecular formula is C23H31N5O. The van der Waals surface area contributed by atoms with Gasteiger partial charge in [0.15, 0.2) is 0 Å². The van der Waals surface area contributed by atoms with E-state index in [0.717, 1.165) is 74.8 Å². The number of anilines is 1. The fraction of sp³-hybridized carbons (Fsp3) is 0.565. The summed E-state index contributed by atoms with van der Waals surface area (Å²) < 4.78 is 0. The van der Waals surface area contributed by atoms with E-state index < -0.39 is 0 Å². The molecule has 2 aliphatic rings. The molecule has 0 bridgehead atoms. The predicted octanol–water partition coefficient (Wildman–Crippen LogP) is 3.54. The molecule has 1 spiro atoms. The molecule has 6 nitrogen and oxygen atoms in total. The Morgan fingerprint density at radius 2 is 1.97 bits per heavy atom. The van der Waals surface area contributed by atoms with Crippen molar-refractivity contribution in [1.29, 1.82) is 0 Å². The summed E-state index contributed by atoms with van der Waals surface area (Å²) >= 11 is 0. The van der Waals surface area contributed by atoms with Crippen LogP contribution in [0.1, 0.15) is 56.2 Å². The molecule has 0 atom stereocenters. The van der Waals surface area contributed by atoms with Gasteiger partial charge in [0.25, 0.3) is 0 Å². The number of amides is 1. The van der Waals surface area contributed by atoms with Crippen LogP contribution >= 0.6 is 0 Å². The minimum atomic E-state index is 0.230. The number of pyridine rings is 1. The number of likely N-dealkylation sites (tertiary alicyclic amines) is 1. The first kappa shape index (κ1) is 19.8. The third-order valence-electron chi connectivity index (χ3n) is 6.34. The molecule has 2 aliphatic heterocycles. The summed E-state index contributed by atoms with van der Waals surface area (Å²) in [4.78, 5) is 30.7. The topological polar surface area (TPSA) is 62.2 Å². The van der Waals surface area contributed by atoms with E-state index in [0.29, 0.717) is 13.0 Å². The van der Waals surface area contributed by atoms with Gasteiger partial charge in [0.2, 0.25) is 5.91 Å². The maximum Gasteiger partial charge on any atom is 0.222 e. The minimum Gasteiger partial charge on any atom is -0.356 e. The van der Waals surface area contributed by atoms with Crippen LogP contribution < -0.4 is 4.90 Å². The molecule has 2 aromatic heterocycles. The van der Waals surface area contributed by atoms with Crippen molar-refractivity contribution in [3.8, 4) is 0 Å². The Morgan fingerprint density at radius 1 is 1.14 bits per heavy atom. The van der Waals surface area contributed by atoms with Crippen LogP contribution in [0.15, 0.2) is 30.5 Å². The van der Waals surface area contributed by atoms with Gasteiger partial charge in [0, 0.05) is 50.4 Å². The molecule has 1 amide bonds. The summed E-state index contributed by atoms with van der Waals surface area (Å²) in [5, 5.41) is 0. The Balaban J connectivity index is 1.42. The smallest absolute Gasteiger partial charge is 0.222 e. The highest BCUT2D eigenvalue weighted by atomic mass is 16.2. The van der Waals surface area contributed by atoms with Gasteiger partial charge in [-0.15, -0.1) is 0 Å². The van der Waals surface area contributed by atoms with E-state index in [-0.39, 0.29) is 11.3 Å². The maximum atomic E-state index is 12.5. The van der Waals surface area contributed by atoms with Crippen molar-refractivity contribution in [1.82, 2.24) is 19.9 Å². The second kappa shape index (κ2) is 8.47. The van der Waals surface area contributed by atoms with E-state index in [2.05, 4.69) is 34.8 Å². The predicted molar refractivity (Wildman–Crippen MR) is 114 cm³/mol. The standard InChI is InChI=1S/C23H31N5O/c1-3-6-20-25-18(2)15-21(26-20)27-13-10-23(11-14-27)9-8-22(29)28(17-23)16-19-7-4-5-12-24-19/h4-5,7,12,15H,3,6,8-11,13-14,16-17H2,1-2H3. The summed E-state index contributed by atoms with van der Waals surface area (Å²) in [5.74, 6) is 2.28. The van der Waals surface area contributed by atoms with Gasteiger partial charge in [-0.05, 0) is 50.2 Å². The summed E-state index contributed by atoms with van der Waals surface area (Å²) in [6, 6.07) is 8.01. The molecule has 0 saturated carbocycles. The molecule has 2 aromatic rings. The average molecular weight is 394 g/mol. The van der Waals surface area contributed by atoms with Crippen LogP contribution in [0, 0.1) is 12.3 Å². The van der Waals surface area contributed by atoms with Crippen LogP contribution in [0.5, 0.6) is 0 Å². The number of aromatic nitrogens is 3. The summed E-state index contributed by atoms with van der Waals surface area (Å²) in [6.45, 7) is 7.67. The zero-order valence-corrected chi connectivity index (χ0v) is 17.6. The van der Waals surface area contributed by atoms with Gasteiger partial charge in [-0.1, -0.05) is 13.0 Å². The number of rotatable bonds is 5. The van der Waals surface area contributed by atoms with Crippen molar-refractivity contribution in [2.24, 2.45) is 5.41 Å². The quantitative estimate of drug-likeness (QED) is 0.777. The first-order valence-corrected chi connectivity index (χ1v) is 10.8. The molecular weight excluding hydrogens is 362 g/mol. The fourth-order valence-electron chi connectivity index (χ4n) is 4.66. The lowest BCUT2D eigenvalue weighted by Crippen LogP contribution is -2.51. The normalized spacial score (nSPS) is 19.0. The van der Waals surface area contributed by atoms with Gasteiger partial charge in [-0.3, -0.25) is 9.78 Å². The summed E-state index contributed by atoms with van der Waals surface area (Å²) in [7, 11) is 0. The molecule has 2 fully saturated rings. The number of carbonyl (C=O) groups is 1. The van der Waals surface area contributed by atoms with Gasteiger partial charge in [-0.2, -0.15) is 0 Å². The van der Waals surface area contributed by atoms with Crippen molar-refractivity contribution < 1.29 is 4.79 Å². The first-order chi connectivity index (χ1) is 14.1. The average Bonchev–Trinajstić information content (AvgIpc) is 2.72. The zero-order chi connectivity index (χ0) is 20.3. The van der Waals surface area contributed by atoms with Crippen LogP contribution in [-0.4, -0.2) is 45.4 Å². The van der Waals surface area contributed by atoms with Crippen molar-refractivity contribution in [3.05, 3.63) is 47.7 Å². The van der Waals surface area contributed by atoms with E-state index >= 15 is 0 Å². The molecule has 0 N–H and O–H groups in total. The van der Waals surface area contributed by atoms with Gasteiger partial charge in [-0.25, -0.2) is 9.97 Å². The molecule has 154 valence electrons. The number of aryl methyl sites for hydroxylation is 2. The van der Waals surface area contributed by atoms with Crippen LogP contribution in [0.4, 0.5) is 5.82 Å². The maximum absolute atomic E-state index is 12.5. The largest absolute Gasteiger partial charge is 0.356 e. The molecule has 0 unspecified atom stereocenters. The van der Waals surface area contributed by atoms with E-state index in [1.807, 2.05) is 23.1 Å². The number of hydrogen-bond acceptors (Lipinski definition) is 5. The Morgan fingerprint density at radius 3 is 2.69 bits per heavy atom. The van der Waals surface area contributed by atoms with Crippen LogP contribution in [0.3, 0.4) is 0 Å². The first-order valence-electron chi connectivity index (χ1n) is 10.8.